The lowest BCUT2D eigenvalue weighted by molar-refractivity contribution is -0.136. The van der Waals surface area contributed by atoms with Gasteiger partial charge in [0.05, 0.1) is 7.11 Å². The molecule has 1 heterocycles. The van der Waals surface area contributed by atoms with Crippen LogP contribution < -0.4 is 4.74 Å². The summed E-state index contributed by atoms with van der Waals surface area (Å²) in [5, 5.41) is -0.182. The van der Waals surface area contributed by atoms with Gasteiger partial charge in [0.1, 0.15) is 18.1 Å². The number of carbonyl (C=O) groups excluding carboxylic acids is 1. The highest BCUT2D eigenvalue weighted by Crippen LogP contribution is 2.39. The molecule has 0 saturated heterocycles. The molecule has 0 aliphatic heterocycles. The number of benzene rings is 1. The molecular formula is C11H7F3O3. The van der Waals surface area contributed by atoms with Gasteiger partial charge < -0.3 is 9.15 Å². The third kappa shape index (κ3) is 1.86. The van der Waals surface area contributed by atoms with Crippen LogP contribution in [0.1, 0.15) is 15.9 Å². The molecule has 2 rings (SSSR count). The van der Waals surface area contributed by atoms with Gasteiger partial charge in [0.15, 0.2) is 11.3 Å². The van der Waals surface area contributed by atoms with Gasteiger partial charge in [0, 0.05) is 10.9 Å². The zero-order chi connectivity index (χ0) is 12.6. The van der Waals surface area contributed by atoms with Gasteiger partial charge in [0.2, 0.25) is 0 Å². The number of alkyl halides is 3. The van der Waals surface area contributed by atoms with E-state index in [1.54, 1.807) is 0 Å². The van der Waals surface area contributed by atoms with E-state index in [9.17, 15) is 18.0 Å². The number of rotatable bonds is 2. The van der Waals surface area contributed by atoms with Crippen molar-refractivity contribution in [1.29, 1.82) is 0 Å². The predicted molar refractivity (Wildman–Crippen MR) is 53.2 cm³/mol. The summed E-state index contributed by atoms with van der Waals surface area (Å²) in [6, 6.07) is 2.44. The Hall–Kier alpha value is -1.98. The van der Waals surface area contributed by atoms with Crippen molar-refractivity contribution in [3.8, 4) is 5.75 Å². The summed E-state index contributed by atoms with van der Waals surface area (Å²) in [5.74, 6) is 0.0973. The Labute approximate surface area is 93.8 Å². The molecule has 0 bridgehead atoms. The molecule has 0 aliphatic rings. The van der Waals surface area contributed by atoms with Crippen LogP contribution in [-0.4, -0.2) is 13.4 Å². The number of aldehydes is 1. The van der Waals surface area contributed by atoms with Crippen LogP contribution in [0, 0.1) is 0 Å². The predicted octanol–water partition coefficient (Wildman–Crippen LogP) is 3.27. The molecule has 1 aromatic heterocycles. The van der Waals surface area contributed by atoms with E-state index in [0.717, 1.165) is 6.07 Å². The number of methoxy groups -OCH3 is 1. The Morgan fingerprint density at radius 1 is 1.35 bits per heavy atom. The van der Waals surface area contributed by atoms with E-state index in [0.29, 0.717) is 12.5 Å². The first kappa shape index (κ1) is 11.5. The van der Waals surface area contributed by atoms with Crippen molar-refractivity contribution in [3.63, 3.8) is 0 Å². The average Bonchev–Trinajstić information content (AvgIpc) is 2.70. The average molecular weight is 244 g/mol. The van der Waals surface area contributed by atoms with Crippen molar-refractivity contribution in [1.82, 2.24) is 0 Å². The van der Waals surface area contributed by atoms with Crippen LogP contribution in [0.15, 0.2) is 22.8 Å². The van der Waals surface area contributed by atoms with Crippen LogP contribution in [0.25, 0.3) is 11.0 Å². The molecular weight excluding hydrogens is 237 g/mol. The Morgan fingerprint density at radius 2 is 2.06 bits per heavy atom. The lowest BCUT2D eigenvalue weighted by Gasteiger charge is -2.05. The van der Waals surface area contributed by atoms with Gasteiger partial charge in [-0.1, -0.05) is 0 Å². The molecule has 0 unspecified atom stereocenters. The molecule has 17 heavy (non-hydrogen) atoms. The lowest BCUT2D eigenvalue weighted by Crippen LogP contribution is -2.03. The minimum Gasteiger partial charge on any atom is -0.493 e. The molecule has 0 aliphatic carbocycles. The van der Waals surface area contributed by atoms with Crippen LogP contribution in [0.3, 0.4) is 0 Å². The molecule has 0 radical (unpaired) electrons. The Kier molecular flexibility index (Phi) is 2.57. The fourth-order valence-corrected chi connectivity index (χ4v) is 1.57. The Morgan fingerprint density at radius 3 is 2.59 bits per heavy atom. The van der Waals surface area contributed by atoms with Crippen LogP contribution in [0.2, 0.25) is 0 Å². The van der Waals surface area contributed by atoms with E-state index in [4.69, 9.17) is 9.15 Å². The van der Waals surface area contributed by atoms with E-state index in [1.165, 1.54) is 13.2 Å². The molecule has 0 saturated carbocycles. The maximum Gasteiger partial charge on any atom is 0.420 e. The molecule has 6 heteroatoms. The number of ether oxygens (including phenoxy) is 1. The van der Waals surface area contributed by atoms with Crippen molar-refractivity contribution < 1.29 is 27.1 Å². The minimum atomic E-state index is -4.53. The van der Waals surface area contributed by atoms with E-state index in [-0.39, 0.29) is 22.3 Å². The highest BCUT2D eigenvalue weighted by molar-refractivity contribution is 5.92. The Bertz CT molecular complexity index is 569. The number of halogens is 3. The van der Waals surface area contributed by atoms with E-state index in [2.05, 4.69) is 0 Å². The fraction of sp³-hybridized carbons (Fsp3) is 0.182. The van der Waals surface area contributed by atoms with Gasteiger partial charge in [-0.3, -0.25) is 4.79 Å². The maximum absolute atomic E-state index is 12.6. The molecule has 0 N–H and O–H groups in total. The first-order valence-corrected chi connectivity index (χ1v) is 4.59. The largest absolute Gasteiger partial charge is 0.493 e. The molecule has 0 amide bonds. The molecule has 0 spiro atoms. The minimum absolute atomic E-state index is 0.0228. The van der Waals surface area contributed by atoms with Gasteiger partial charge in [-0.25, -0.2) is 0 Å². The summed E-state index contributed by atoms with van der Waals surface area (Å²) in [6.45, 7) is 0. The Balaban J connectivity index is 2.79. The second-order valence-corrected chi connectivity index (χ2v) is 3.36. The molecule has 2 aromatic rings. The summed E-state index contributed by atoms with van der Waals surface area (Å²) in [5.41, 5.74) is -0.846. The first-order chi connectivity index (χ1) is 7.97. The van der Waals surface area contributed by atoms with Crippen LogP contribution in [-0.2, 0) is 6.18 Å². The molecule has 3 nitrogen and oxygen atoms in total. The van der Waals surface area contributed by atoms with Crippen molar-refractivity contribution in [2.45, 2.75) is 6.18 Å². The number of furan rings is 1. The SMILES string of the molecule is COc1cc(C=O)cc2c(C(F)(F)F)coc12. The maximum atomic E-state index is 12.6. The van der Waals surface area contributed by atoms with Gasteiger partial charge in [-0.15, -0.1) is 0 Å². The van der Waals surface area contributed by atoms with Crippen molar-refractivity contribution in [2.24, 2.45) is 0 Å². The number of carbonyl (C=O) groups is 1. The topological polar surface area (TPSA) is 39.4 Å². The standard InChI is InChI=1S/C11H7F3O3/c1-16-9-3-6(4-15)2-7-8(11(12,13)14)5-17-10(7)9/h2-5H,1H3. The van der Waals surface area contributed by atoms with Crippen molar-refractivity contribution in [3.05, 3.63) is 29.5 Å². The molecule has 0 atom stereocenters. The van der Waals surface area contributed by atoms with Gasteiger partial charge in [0.25, 0.3) is 0 Å². The van der Waals surface area contributed by atoms with Crippen molar-refractivity contribution in [2.75, 3.05) is 7.11 Å². The summed E-state index contributed by atoms with van der Waals surface area (Å²) in [7, 11) is 1.29. The summed E-state index contributed by atoms with van der Waals surface area (Å²) >= 11 is 0. The quantitative estimate of drug-likeness (QED) is 0.761. The van der Waals surface area contributed by atoms with E-state index < -0.39 is 11.7 Å². The molecule has 0 fully saturated rings. The normalized spacial score (nSPS) is 11.8. The van der Waals surface area contributed by atoms with Crippen LogP contribution in [0.5, 0.6) is 5.75 Å². The van der Waals surface area contributed by atoms with Gasteiger partial charge in [-0.2, -0.15) is 13.2 Å². The van der Waals surface area contributed by atoms with E-state index >= 15 is 0 Å². The highest BCUT2D eigenvalue weighted by atomic mass is 19.4. The number of hydrogen-bond acceptors (Lipinski definition) is 3. The molecule has 1 aromatic carbocycles. The fourth-order valence-electron chi connectivity index (χ4n) is 1.57. The summed E-state index contributed by atoms with van der Waals surface area (Å²) in [4.78, 5) is 10.6. The number of fused-ring (bicyclic) bond motifs is 1. The zero-order valence-corrected chi connectivity index (χ0v) is 8.67. The monoisotopic (exact) mass is 244 g/mol. The first-order valence-electron chi connectivity index (χ1n) is 4.59. The highest BCUT2D eigenvalue weighted by Gasteiger charge is 2.35. The zero-order valence-electron chi connectivity index (χ0n) is 8.67. The van der Waals surface area contributed by atoms with Crippen LogP contribution >= 0.6 is 0 Å². The second-order valence-electron chi connectivity index (χ2n) is 3.36. The van der Waals surface area contributed by atoms with Crippen LogP contribution in [0.4, 0.5) is 13.2 Å². The van der Waals surface area contributed by atoms with Crippen molar-refractivity contribution >= 4 is 17.3 Å². The summed E-state index contributed by atoms with van der Waals surface area (Å²) < 4.78 is 47.6. The van der Waals surface area contributed by atoms with Gasteiger partial charge >= 0.3 is 6.18 Å². The second kappa shape index (κ2) is 3.80. The van der Waals surface area contributed by atoms with Gasteiger partial charge in [-0.05, 0) is 12.1 Å². The third-order valence-corrected chi connectivity index (χ3v) is 2.32. The summed E-state index contributed by atoms with van der Waals surface area (Å²) in [6.07, 6.45) is -3.46. The third-order valence-electron chi connectivity index (χ3n) is 2.32. The van der Waals surface area contributed by atoms with E-state index in [1.807, 2.05) is 0 Å². The lowest BCUT2D eigenvalue weighted by atomic mass is 10.1. The smallest absolute Gasteiger partial charge is 0.420 e. The number of hydrogen-bond donors (Lipinski definition) is 0. The molecule has 90 valence electrons.